The Morgan fingerprint density at radius 3 is 2.62 bits per heavy atom. The second kappa shape index (κ2) is 14.0. The Balaban J connectivity index is 0.00000529. The third-order valence-electron chi connectivity index (χ3n) is 3.22. The average Bonchev–Trinajstić information content (AvgIpc) is 3.00. The Hall–Kier alpha value is -0.170. The highest BCUT2D eigenvalue weighted by molar-refractivity contribution is 14.0. The number of guanidine groups is 1. The van der Waals surface area contributed by atoms with E-state index in [1.54, 1.807) is 7.05 Å². The quantitative estimate of drug-likeness (QED) is 0.187. The highest BCUT2D eigenvalue weighted by atomic mass is 127. The molecule has 0 radical (unpaired) electrons. The van der Waals surface area contributed by atoms with Crippen LogP contribution in [0, 0.1) is 0 Å². The normalized spacial score (nSPS) is 18.2. The third-order valence-corrected chi connectivity index (χ3v) is 4.12. The number of hydrogen-bond donors (Lipinski definition) is 2. The molecule has 0 aromatic rings. The van der Waals surface area contributed by atoms with E-state index in [1.165, 1.54) is 6.26 Å². The molecule has 0 bridgehead atoms. The SMILES string of the molecule is CN=C(NCCCOC1CCOC1)NCCOCCS(C)(=O)=O.I. The van der Waals surface area contributed by atoms with Crippen molar-refractivity contribution in [2.45, 2.75) is 18.9 Å². The van der Waals surface area contributed by atoms with E-state index in [-0.39, 0.29) is 42.4 Å². The molecule has 0 aromatic carbocycles. The summed E-state index contributed by atoms with van der Waals surface area (Å²) in [4.78, 5) is 4.10. The summed E-state index contributed by atoms with van der Waals surface area (Å²) in [6.07, 6.45) is 3.32. The molecular formula is C14H30IN3O5S. The minimum Gasteiger partial charge on any atom is -0.379 e. The highest BCUT2D eigenvalue weighted by Gasteiger charge is 2.15. The number of hydrogen-bond acceptors (Lipinski definition) is 6. The van der Waals surface area contributed by atoms with Gasteiger partial charge >= 0.3 is 0 Å². The number of halogens is 1. The Morgan fingerprint density at radius 1 is 1.25 bits per heavy atom. The lowest BCUT2D eigenvalue weighted by Gasteiger charge is -2.13. The summed E-state index contributed by atoms with van der Waals surface area (Å²) in [5.74, 6) is 0.743. The van der Waals surface area contributed by atoms with Gasteiger partial charge in [0.05, 0.1) is 31.7 Å². The summed E-state index contributed by atoms with van der Waals surface area (Å²) in [6, 6.07) is 0. The number of nitrogens with zero attached hydrogens (tertiary/aromatic N) is 1. The molecule has 0 amide bonds. The van der Waals surface area contributed by atoms with Crippen LogP contribution in [0.4, 0.5) is 0 Å². The molecule has 8 nitrogen and oxygen atoms in total. The first-order valence-electron chi connectivity index (χ1n) is 7.90. The fraction of sp³-hybridized carbons (Fsp3) is 0.929. The largest absolute Gasteiger partial charge is 0.379 e. The summed E-state index contributed by atoms with van der Waals surface area (Å²) in [5.41, 5.74) is 0. The maximum Gasteiger partial charge on any atom is 0.191 e. The van der Waals surface area contributed by atoms with Gasteiger partial charge in [-0.1, -0.05) is 0 Å². The van der Waals surface area contributed by atoms with Gasteiger partial charge in [-0.2, -0.15) is 0 Å². The van der Waals surface area contributed by atoms with E-state index in [4.69, 9.17) is 14.2 Å². The van der Waals surface area contributed by atoms with Crippen molar-refractivity contribution in [3.8, 4) is 0 Å². The number of sulfone groups is 1. The summed E-state index contributed by atoms with van der Waals surface area (Å²) in [6.45, 7) is 4.19. The molecule has 1 aliphatic rings. The van der Waals surface area contributed by atoms with Crippen molar-refractivity contribution < 1.29 is 22.6 Å². The molecule has 2 N–H and O–H groups in total. The van der Waals surface area contributed by atoms with Gasteiger partial charge in [0.1, 0.15) is 9.84 Å². The Morgan fingerprint density at radius 2 is 2.00 bits per heavy atom. The zero-order valence-electron chi connectivity index (χ0n) is 14.5. The van der Waals surface area contributed by atoms with Crippen LogP contribution >= 0.6 is 24.0 Å². The Kier molecular flexibility index (Phi) is 13.9. The van der Waals surface area contributed by atoms with Crippen LogP contribution in [0.25, 0.3) is 0 Å². The zero-order valence-corrected chi connectivity index (χ0v) is 17.6. The molecule has 24 heavy (non-hydrogen) atoms. The van der Waals surface area contributed by atoms with Crippen molar-refractivity contribution in [3.05, 3.63) is 0 Å². The maximum absolute atomic E-state index is 10.9. The van der Waals surface area contributed by atoms with Crippen LogP contribution < -0.4 is 10.6 Å². The first-order valence-corrected chi connectivity index (χ1v) is 9.96. The number of nitrogens with one attached hydrogen (secondary N) is 2. The van der Waals surface area contributed by atoms with Crippen LogP contribution in [0.1, 0.15) is 12.8 Å². The van der Waals surface area contributed by atoms with Gasteiger partial charge in [0, 0.05) is 39.6 Å². The molecule has 1 aliphatic heterocycles. The van der Waals surface area contributed by atoms with Gasteiger partial charge in [0.15, 0.2) is 5.96 Å². The van der Waals surface area contributed by atoms with E-state index >= 15 is 0 Å². The number of aliphatic imine (C=N–C) groups is 1. The summed E-state index contributed by atoms with van der Waals surface area (Å²) in [7, 11) is -1.26. The Labute approximate surface area is 162 Å². The van der Waals surface area contributed by atoms with Gasteiger partial charge in [-0.15, -0.1) is 24.0 Å². The molecule has 1 unspecified atom stereocenters. The number of ether oxygens (including phenoxy) is 3. The standard InChI is InChI=1S/C14H29N3O5S.HI/c1-15-14(17-6-9-20-10-11-23(2,18)19)16-5-3-7-22-13-4-8-21-12-13;/h13H,3-12H2,1-2H3,(H2,15,16,17);1H. The molecule has 1 fully saturated rings. The highest BCUT2D eigenvalue weighted by Crippen LogP contribution is 2.07. The van der Waals surface area contributed by atoms with E-state index < -0.39 is 9.84 Å². The van der Waals surface area contributed by atoms with Gasteiger partial charge in [-0.25, -0.2) is 8.42 Å². The van der Waals surface area contributed by atoms with Crippen molar-refractivity contribution in [2.75, 3.05) is 65.2 Å². The molecule has 0 spiro atoms. The third kappa shape index (κ3) is 13.2. The first-order chi connectivity index (χ1) is 11.0. The fourth-order valence-electron chi connectivity index (χ4n) is 1.95. The van der Waals surface area contributed by atoms with E-state index in [2.05, 4.69) is 15.6 Å². The van der Waals surface area contributed by atoms with Crippen LogP contribution in [0.15, 0.2) is 4.99 Å². The topological polar surface area (TPSA) is 98.2 Å². The maximum atomic E-state index is 10.9. The summed E-state index contributed by atoms with van der Waals surface area (Å²) >= 11 is 0. The Bertz CT molecular complexity index is 442. The van der Waals surface area contributed by atoms with Crippen LogP contribution in [0.3, 0.4) is 0 Å². The minimum absolute atomic E-state index is 0. The van der Waals surface area contributed by atoms with Crippen molar-refractivity contribution in [1.82, 2.24) is 10.6 Å². The molecule has 1 heterocycles. The molecule has 10 heteroatoms. The number of rotatable bonds is 11. The van der Waals surface area contributed by atoms with Crippen molar-refractivity contribution in [1.29, 1.82) is 0 Å². The molecule has 1 saturated heterocycles. The van der Waals surface area contributed by atoms with Crippen molar-refractivity contribution in [3.63, 3.8) is 0 Å². The minimum atomic E-state index is -2.96. The molecule has 0 aromatic heterocycles. The molecule has 0 aliphatic carbocycles. The van der Waals surface area contributed by atoms with E-state index in [0.717, 1.165) is 26.0 Å². The van der Waals surface area contributed by atoms with Gasteiger partial charge in [0.25, 0.3) is 0 Å². The fourth-order valence-corrected chi connectivity index (χ4v) is 2.37. The predicted octanol–water partition coefficient (Wildman–Crippen LogP) is 0.0262. The lowest BCUT2D eigenvalue weighted by atomic mass is 10.3. The molecular weight excluding hydrogens is 449 g/mol. The lowest BCUT2D eigenvalue weighted by molar-refractivity contribution is 0.0420. The van der Waals surface area contributed by atoms with Crippen LogP contribution in [0.2, 0.25) is 0 Å². The second-order valence-corrected chi connectivity index (χ2v) is 7.64. The van der Waals surface area contributed by atoms with Crippen LogP contribution in [0.5, 0.6) is 0 Å². The monoisotopic (exact) mass is 479 g/mol. The summed E-state index contributed by atoms with van der Waals surface area (Å²) < 4.78 is 38.0. The van der Waals surface area contributed by atoms with Crippen molar-refractivity contribution in [2.24, 2.45) is 4.99 Å². The van der Waals surface area contributed by atoms with Gasteiger partial charge < -0.3 is 24.8 Å². The second-order valence-electron chi connectivity index (χ2n) is 5.38. The first kappa shape index (κ1) is 23.8. The molecule has 1 rings (SSSR count). The summed E-state index contributed by atoms with van der Waals surface area (Å²) in [5, 5.41) is 6.29. The van der Waals surface area contributed by atoms with Crippen LogP contribution in [-0.2, 0) is 24.0 Å². The predicted molar refractivity (Wildman–Crippen MR) is 105 cm³/mol. The smallest absolute Gasteiger partial charge is 0.191 e. The van der Waals surface area contributed by atoms with E-state index in [1.807, 2.05) is 0 Å². The van der Waals surface area contributed by atoms with Gasteiger partial charge in [0.2, 0.25) is 0 Å². The average molecular weight is 479 g/mol. The van der Waals surface area contributed by atoms with Gasteiger partial charge in [-0.3, -0.25) is 4.99 Å². The van der Waals surface area contributed by atoms with Gasteiger partial charge in [-0.05, 0) is 12.8 Å². The molecule has 1 atom stereocenters. The molecule has 0 saturated carbocycles. The zero-order chi connectivity index (χ0) is 17.0. The molecule has 144 valence electrons. The van der Waals surface area contributed by atoms with Crippen LogP contribution in [-0.4, -0.2) is 85.7 Å². The van der Waals surface area contributed by atoms with E-state index in [9.17, 15) is 8.42 Å². The lowest BCUT2D eigenvalue weighted by Crippen LogP contribution is -2.39. The van der Waals surface area contributed by atoms with E-state index in [0.29, 0.717) is 32.3 Å². The van der Waals surface area contributed by atoms with Crippen molar-refractivity contribution >= 4 is 39.8 Å².